The Morgan fingerprint density at radius 3 is 1.28 bits per heavy atom. The lowest BCUT2D eigenvalue weighted by Crippen LogP contribution is -2.43. The van der Waals surface area contributed by atoms with Gasteiger partial charge in [-0.15, -0.1) is 0 Å². The van der Waals surface area contributed by atoms with Gasteiger partial charge >= 0.3 is 0 Å². The van der Waals surface area contributed by atoms with Gasteiger partial charge in [-0.05, 0) is 117 Å². The normalized spacial score (nSPS) is 21.2. The van der Waals surface area contributed by atoms with E-state index in [4.69, 9.17) is 0 Å². The van der Waals surface area contributed by atoms with Crippen molar-refractivity contribution in [2.75, 3.05) is 32.8 Å². The van der Waals surface area contributed by atoms with E-state index < -0.39 is 28.7 Å². The van der Waals surface area contributed by atoms with Crippen molar-refractivity contribution in [3.63, 3.8) is 0 Å². The molecule has 0 spiro atoms. The van der Waals surface area contributed by atoms with Crippen LogP contribution in [0, 0.1) is 34.5 Å². The summed E-state index contributed by atoms with van der Waals surface area (Å²) in [6, 6.07) is 36.4. The van der Waals surface area contributed by atoms with Crippen LogP contribution in [0.1, 0.15) is 116 Å². The highest BCUT2D eigenvalue weighted by molar-refractivity contribution is 6.08. The molecule has 4 aromatic rings. The van der Waals surface area contributed by atoms with E-state index in [2.05, 4.69) is 58.6 Å². The van der Waals surface area contributed by atoms with Crippen molar-refractivity contribution in [2.45, 2.75) is 89.1 Å². The van der Waals surface area contributed by atoms with E-state index in [-0.39, 0.29) is 68.8 Å². The maximum Gasteiger partial charge on any atom is 0.233 e. The van der Waals surface area contributed by atoms with Gasteiger partial charge in [-0.3, -0.25) is 39.4 Å². The molecule has 4 N–H and O–H groups in total. The van der Waals surface area contributed by atoms with E-state index in [0.717, 1.165) is 47.9 Å². The minimum atomic E-state index is -1.14. The van der Waals surface area contributed by atoms with Gasteiger partial charge < -0.3 is 20.0 Å². The number of aliphatic hydroxyl groups is 2. The number of imide groups is 2. The lowest BCUT2D eigenvalue weighted by Gasteiger charge is -2.35. The van der Waals surface area contributed by atoms with Crippen molar-refractivity contribution in [3.8, 4) is 23.7 Å². The summed E-state index contributed by atoms with van der Waals surface area (Å²) in [6.45, 7) is 3.79. The Kier molecular flexibility index (Phi) is 15.8. The van der Waals surface area contributed by atoms with Crippen LogP contribution in [0.4, 0.5) is 0 Å². The molecule has 4 aliphatic heterocycles. The Morgan fingerprint density at radius 2 is 0.940 bits per heavy atom. The molecule has 346 valence electrons. The van der Waals surface area contributed by atoms with Crippen molar-refractivity contribution < 1.29 is 39.0 Å². The molecule has 67 heavy (non-hydrogen) atoms. The number of benzene rings is 4. The van der Waals surface area contributed by atoms with Gasteiger partial charge in [0.2, 0.25) is 35.4 Å². The maximum atomic E-state index is 13.0. The van der Waals surface area contributed by atoms with E-state index in [1.54, 1.807) is 16.7 Å². The topological polar surface area (TPSA) is 173 Å². The molecule has 6 amide bonds. The fraction of sp³-hybridized carbons (Fsp3) is 0.382. The lowest BCUT2D eigenvalue weighted by atomic mass is 9.77. The Balaban J connectivity index is 0.000000199. The molecule has 4 saturated heterocycles. The standard InChI is InChI=1S/C28H30N2O4.C27H28N2O4/c1-20(31)17-28(18-25(32)29-27(28)34)19-26(33)30-15-13-24(14-16-30)23-11-9-22(10-12-23)8-7-21-5-3-2-4-6-21;30-17-14-27(18-24(31)28-26(27)33)19-25(32)29-15-12-23(13-16-29)22-10-8-21(9-11-22)7-6-20-4-2-1-3-5-20/h2-6,9-12,20,24,31H,13-19H2,1H3,(H,29,32,34);1-5,8-11,23,30H,12-19H2,(H,28,31,33). The summed E-state index contributed by atoms with van der Waals surface area (Å²) in [6.07, 6.45) is 2.67. The van der Waals surface area contributed by atoms with Crippen molar-refractivity contribution in [1.82, 2.24) is 20.4 Å². The second kappa shape index (κ2) is 22.1. The number of aliphatic hydroxyl groups excluding tert-OH is 2. The molecule has 4 aliphatic rings. The van der Waals surface area contributed by atoms with Crippen molar-refractivity contribution in [2.24, 2.45) is 10.8 Å². The smallest absolute Gasteiger partial charge is 0.233 e. The minimum absolute atomic E-state index is 0.0336. The van der Waals surface area contributed by atoms with Gasteiger partial charge in [-0.1, -0.05) is 84.3 Å². The molecule has 4 fully saturated rings. The average Bonchev–Trinajstić information content (AvgIpc) is 3.77. The fourth-order valence-corrected chi connectivity index (χ4v) is 9.71. The summed E-state index contributed by atoms with van der Waals surface area (Å²) < 4.78 is 0. The maximum absolute atomic E-state index is 13.0. The molecule has 3 atom stereocenters. The first-order chi connectivity index (χ1) is 32.3. The molecular formula is C55H58N4O8. The highest BCUT2D eigenvalue weighted by Gasteiger charge is 2.50. The molecule has 0 aromatic heterocycles. The van der Waals surface area contributed by atoms with Crippen LogP contribution in [-0.4, -0.2) is 94.3 Å². The quantitative estimate of drug-likeness (QED) is 0.118. The van der Waals surface area contributed by atoms with E-state index in [9.17, 15) is 39.0 Å². The highest BCUT2D eigenvalue weighted by atomic mass is 16.3. The highest BCUT2D eigenvalue weighted by Crippen LogP contribution is 2.39. The van der Waals surface area contributed by atoms with E-state index in [0.29, 0.717) is 38.0 Å². The third-order valence-corrected chi connectivity index (χ3v) is 13.4. The largest absolute Gasteiger partial charge is 0.396 e. The Labute approximate surface area is 392 Å². The van der Waals surface area contributed by atoms with Gasteiger partial charge in [-0.25, -0.2) is 0 Å². The van der Waals surface area contributed by atoms with Crippen molar-refractivity contribution in [3.05, 3.63) is 143 Å². The van der Waals surface area contributed by atoms with Gasteiger partial charge in [0, 0.05) is 80.7 Å². The third-order valence-electron chi connectivity index (χ3n) is 13.4. The predicted molar refractivity (Wildman–Crippen MR) is 252 cm³/mol. The number of hydrogen-bond acceptors (Lipinski definition) is 8. The number of nitrogens with one attached hydrogen (secondary N) is 2. The van der Waals surface area contributed by atoms with Crippen molar-refractivity contribution in [1.29, 1.82) is 0 Å². The number of likely N-dealkylation sites (tertiary alicyclic amines) is 2. The molecule has 0 aliphatic carbocycles. The number of rotatable bonds is 10. The van der Waals surface area contributed by atoms with Crippen LogP contribution in [0.5, 0.6) is 0 Å². The van der Waals surface area contributed by atoms with Crippen LogP contribution >= 0.6 is 0 Å². The zero-order valence-electron chi connectivity index (χ0n) is 38.0. The number of amides is 6. The molecular weight excluding hydrogens is 845 g/mol. The second-order valence-corrected chi connectivity index (χ2v) is 18.3. The van der Waals surface area contributed by atoms with E-state index in [1.807, 2.05) is 84.9 Å². The molecule has 3 unspecified atom stereocenters. The fourth-order valence-electron chi connectivity index (χ4n) is 9.71. The molecule has 8 rings (SSSR count). The van der Waals surface area contributed by atoms with Gasteiger partial charge in [0.25, 0.3) is 0 Å². The van der Waals surface area contributed by atoms with E-state index >= 15 is 0 Å². The zero-order chi connectivity index (χ0) is 47.4. The van der Waals surface area contributed by atoms with Gasteiger partial charge in [0.1, 0.15) is 0 Å². The van der Waals surface area contributed by atoms with Gasteiger partial charge in [0.15, 0.2) is 0 Å². The van der Waals surface area contributed by atoms with Gasteiger partial charge in [-0.2, -0.15) is 0 Å². The average molecular weight is 903 g/mol. The first kappa shape index (κ1) is 48.1. The molecule has 12 heteroatoms. The van der Waals surface area contributed by atoms with E-state index in [1.165, 1.54) is 11.1 Å². The van der Waals surface area contributed by atoms with Crippen LogP contribution in [0.2, 0.25) is 0 Å². The third kappa shape index (κ3) is 12.5. The molecule has 0 saturated carbocycles. The van der Waals surface area contributed by atoms with Crippen molar-refractivity contribution >= 4 is 35.4 Å². The van der Waals surface area contributed by atoms with Crippen LogP contribution in [0.15, 0.2) is 109 Å². The summed E-state index contributed by atoms with van der Waals surface area (Å²) in [4.78, 5) is 77.7. The number of carbonyl (C=O) groups excluding carboxylic acids is 6. The number of nitrogens with zero attached hydrogens (tertiary/aromatic N) is 2. The Hall–Kier alpha value is -6.86. The summed E-state index contributed by atoms with van der Waals surface area (Å²) >= 11 is 0. The number of piperidine rings is 2. The molecule has 4 heterocycles. The lowest BCUT2D eigenvalue weighted by molar-refractivity contribution is -0.141. The van der Waals surface area contributed by atoms with Gasteiger partial charge in [0.05, 0.1) is 16.9 Å². The summed E-state index contributed by atoms with van der Waals surface area (Å²) in [7, 11) is 0. The SMILES string of the molecule is CC(O)CC1(CC(=O)N2CCC(c3ccc(C#Cc4ccccc4)cc3)CC2)CC(=O)NC1=O.O=C1CC(CCO)(CC(=O)N2CCC(c3ccc(C#Cc4ccccc4)cc3)CC2)C(=O)N1. The first-order valence-corrected chi connectivity index (χ1v) is 23.2. The molecule has 0 radical (unpaired) electrons. The molecule has 12 nitrogen and oxygen atoms in total. The van der Waals surface area contributed by atoms with Crippen LogP contribution in [0.3, 0.4) is 0 Å². The summed E-state index contributed by atoms with van der Waals surface area (Å²) in [5.74, 6) is 11.5. The number of carbonyl (C=O) groups is 6. The first-order valence-electron chi connectivity index (χ1n) is 23.2. The molecule has 0 bridgehead atoms. The predicted octanol–water partition coefficient (Wildman–Crippen LogP) is 5.58. The molecule has 4 aromatic carbocycles. The minimum Gasteiger partial charge on any atom is -0.396 e. The Morgan fingerprint density at radius 1 is 0.582 bits per heavy atom. The summed E-state index contributed by atoms with van der Waals surface area (Å²) in [5.41, 5.74) is 4.12. The Bertz CT molecular complexity index is 2540. The number of hydrogen-bond donors (Lipinski definition) is 4. The summed E-state index contributed by atoms with van der Waals surface area (Å²) in [5, 5.41) is 23.8. The second-order valence-electron chi connectivity index (χ2n) is 18.3. The van der Waals surface area contributed by atoms with Crippen LogP contribution < -0.4 is 10.6 Å². The monoisotopic (exact) mass is 902 g/mol. The zero-order valence-corrected chi connectivity index (χ0v) is 38.0. The van der Waals surface area contributed by atoms with Crippen LogP contribution in [0.25, 0.3) is 0 Å². The van der Waals surface area contributed by atoms with Crippen LogP contribution in [-0.2, 0) is 28.8 Å².